The number of rotatable bonds is 4. The second-order valence-corrected chi connectivity index (χ2v) is 5.11. The molecule has 2 aromatic rings. The molecule has 0 radical (unpaired) electrons. The van der Waals surface area contributed by atoms with Gasteiger partial charge < -0.3 is 9.80 Å². The van der Waals surface area contributed by atoms with Crippen LogP contribution in [0.15, 0.2) is 23.7 Å². The molecule has 2 heterocycles. The standard InChI is InChI=1S/C12H17N3S/c1-14(2)7-8-15(3)11-4-6-13-10-5-9-16-12(10)11/h4-6,9H,7-8H2,1-3H3. The van der Waals surface area contributed by atoms with E-state index >= 15 is 0 Å². The van der Waals surface area contributed by atoms with Gasteiger partial charge in [0.15, 0.2) is 0 Å². The van der Waals surface area contributed by atoms with Crippen LogP contribution in [0.4, 0.5) is 5.69 Å². The van der Waals surface area contributed by atoms with E-state index < -0.39 is 0 Å². The number of hydrogen-bond donors (Lipinski definition) is 0. The summed E-state index contributed by atoms with van der Waals surface area (Å²) in [4.78, 5) is 8.84. The Kier molecular flexibility index (Phi) is 3.41. The van der Waals surface area contributed by atoms with Crippen molar-refractivity contribution < 1.29 is 0 Å². The summed E-state index contributed by atoms with van der Waals surface area (Å²) in [6.45, 7) is 2.09. The number of aromatic nitrogens is 1. The first kappa shape index (κ1) is 11.4. The highest BCUT2D eigenvalue weighted by atomic mass is 32.1. The largest absolute Gasteiger partial charge is 0.372 e. The van der Waals surface area contributed by atoms with E-state index in [2.05, 4.69) is 53.4 Å². The maximum Gasteiger partial charge on any atom is 0.0830 e. The monoisotopic (exact) mass is 235 g/mol. The minimum atomic E-state index is 1.03. The van der Waals surface area contributed by atoms with Gasteiger partial charge in [-0.05, 0) is 31.6 Å². The molecule has 4 heteroatoms. The Hall–Kier alpha value is -1.13. The highest BCUT2D eigenvalue weighted by Gasteiger charge is 2.07. The molecule has 0 aliphatic heterocycles. The van der Waals surface area contributed by atoms with E-state index in [1.165, 1.54) is 10.4 Å². The van der Waals surface area contributed by atoms with Crippen LogP contribution in [0.1, 0.15) is 0 Å². The molecule has 0 aromatic carbocycles. The van der Waals surface area contributed by atoms with Crippen LogP contribution in [0.3, 0.4) is 0 Å². The van der Waals surface area contributed by atoms with E-state index in [1.807, 2.05) is 6.20 Å². The number of fused-ring (bicyclic) bond motifs is 1. The second kappa shape index (κ2) is 4.80. The number of thiophene rings is 1. The first-order valence-corrected chi connectivity index (χ1v) is 6.24. The van der Waals surface area contributed by atoms with Crippen LogP contribution in [-0.2, 0) is 0 Å². The van der Waals surface area contributed by atoms with E-state index in [9.17, 15) is 0 Å². The number of pyridine rings is 1. The summed E-state index contributed by atoms with van der Waals surface area (Å²) in [5.74, 6) is 0. The number of likely N-dealkylation sites (N-methyl/N-ethyl adjacent to an activating group) is 2. The lowest BCUT2D eigenvalue weighted by molar-refractivity contribution is 0.416. The van der Waals surface area contributed by atoms with Gasteiger partial charge in [-0.25, -0.2) is 0 Å². The van der Waals surface area contributed by atoms with Crippen molar-refractivity contribution in [1.29, 1.82) is 0 Å². The van der Waals surface area contributed by atoms with Crippen LogP contribution in [0.2, 0.25) is 0 Å². The lowest BCUT2D eigenvalue weighted by Gasteiger charge is -2.21. The molecule has 2 aromatic heterocycles. The topological polar surface area (TPSA) is 19.4 Å². The van der Waals surface area contributed by atoms with Crippen molar-refractivity contribution in [2.24, 2.45) is 0 Å². The molecule has 0 amide bonds. The van der Waals surface area contributed by atoms with Crippen molar-refractivity contribution in [1.82, 2.24) is 9.88 Å². The molecule has 0 aliphatic rings. The maximum absolute atomic E-state index is 4.35. The van der Waals surface area contributed by atoms with Crippen LogP contribution in [0.5, 0.6) is 0 Å². The highest BCUT2D eigenvalue weighted by molar-refractivity contribution is 7.17. The van der Waals surface area contributed by atoms with E-state index in [1.54, 1.807) is 11.3 Å². The van der Waals surface area contributed by atoms with Crippen LogP contribution >= 0.6 is 11.3 Å². The van der Waals surface area contributed by atoms with Gasteiger partial charge in [0, 0.05) is 26.3 Å². The molecular formula is C12H17N3S. The molecule has 0 fully saturated rings. The predicted octanol–water partition coefficient (Wildman–Crippen LogP) is 2.29. The van der Waals surface area contributed by atoms with Gasteiger partial charge in [-0.15, -0.1) is 11.3 Å². The molecule has 0 spiro atoms. The highest BCUT2D eigenvalue weighted by Crippen LogP contribution is 2.28. The predicted molar refractivity (Wildman–Crippen MR) is 71.4 cm³/mol. The van der Waals surface area contributed by atoms with Gasteiger partial charge in [-0.1, -0.05) is 0 Å². The summed E-state index contributed by atoms with van der Waals surface area (Å²) in [5, 5.41) is 2.10. The fraction of sp³-hybridized carbons (Fsp3) is 0.417. The van der Waals surface area contributed by atoms with E-state index in [0.717, 1.165) is 18.6 Å². The third-order valence-electron chi connectivity index (χ3n) is 2.62. The third kappa shape index (κ3) is 2.33. The van der Waals surface area contributed by atoms with E-state index in [4.69, 9.17) is 0 Å². The molecule has 0 bridgehead atoms. The van der Waals surface area contributed by atoms with Gasteiger partial charge in [0.25, 0.3) is 0 Å². The summed E-state index contributed by atoms with van der Waals surface area (Å²) in [6, 6.07) is 4.16. The van der Waals surface area contributed by atoms with Gasteiger partial charge in [-0.2, -0.15) is 0 Å². The molecule has 16 heavy (non-hydrogen) atoms. The first-order valence-electron chi connectivity index (χ1n) is 5.36. The normalized spacial score (nSPS) is 11.2. The van der Waals surface area contributed by atoms with Gasteiger partial charge in [0.05, 0.1) is 15.9 Å². The molecule has 0 saturated carbocycles. The second-order valence-electron chi connectivity index (χ2n) is 4.19. The zero-order chi connectivity index (χ0) is 11.5. The van der Waals surface area contributed by atoms with E-state index in [0.29, 0.717) is 0 Å². The molecule has 0 aliphatic carbocycles. The lowest BCUT2D eigenvalue weighted by atomic mass is 10.3. The Bertz CT molecular complexity index is 464. The summed E-state index contributed by atoms with van der Waals surface area (Å²) >= 11 is 1.76. The number of hydrogen-bond acceptors (Lipinski definition) is 4. The third-order valence-corrected chi connectivity index (χ3v) is 3.54. The van der Waals surface area contributed by atoms with Gasteiger partial charge in [-0.3, -0.25) is 4.98 Å². The van der Waals surface area contributed by atoms with Gasteiger partial charge in [0.2, 0.25) is 0 Å². The molecular weight excluding hydrogens is 218 g/mol. The Balaban J connectivity index is 2.22. The minimum Gasteiger partial charge on any atom is -0.372 e. The fourth-order valence-corrected chi connectivity index (χ4v) is 2.55. The fourth-order valence-electron chi connectivity index (χ4n) is 1.63. The Morgan fingerprint density at radius 2 is 2.00 bits per heavy atom. The molecule has 2 rings (SSSR count). The average molecular weight is 235 g/mol. The number of anilines is 1. The smallest absolute Gasteiger partial charge is 0.0830 e. The first-order chi connectivity index (χ1) is 7.68. The Morgan fingerprint density at radius 1 is 1.19 bits per heavy atom. The summed E-state index contributed by atoms with van der Waals surface area (Å²) < 4.78 is 1.28. The quantitative estimate of drug-likeness (QED) is 0.810. The van der Waals surface area contributed by atoms with Crippen molar-refractivity contribution in [3.05, 3.63) is 23.7 Å². The minimum absolute atomic E-state index is 1.03. The molecule has 3 nitrogen and oxygen atoms in total. The molecule has 0 saturated heterocycles. The van der Waals surface area contributed by atoms with Crippen LogP contribution in [-0.4, -0.2) is 44.1 Å². The van der Waals surface area contributed by atoms with Crippen LogP contribution < -0.4 is 4.90 Å². The average Bonchev–Trinajstić information content (AvgIpc) is 2.73. The van der Waals surface area contributed by atoms with Crippen molar-refractivity contribution >= 4 is 27.2 Å². The summed E-state index contributed by atoms with van der Waals surface area (Å²) in [6.07, 6.45) is 1.89. The summed E-state index contributed by atoms with van der Waals surface area (Å²) in [7, 11) is 6.33. The summed E-state index contributed by atoms with van der Waals surface area (Å²) in [5.41, 5.74) is 2.38. The van der Waals surface area contributed by atoms with Crippen LogP contribution in [0.25, 0.3) is 10.2 Å². The zero-order valence-corrected chi connectivity index (χ0v) is 10.8. The Morgan fingerprint density at radius 3 is 2.75 bits per heavy atom. The molecule has 0 unspecified atom stereocenters. The zero-order valence-electron chi connectivity index (χ0n) is 9.97. The van der Waals surface area contributed by atoms with Crippen LogP contribution in [0, 0.1) is 0 Å². The van der Waals surface area contributed by atoms with Gasteiger partial charge >= 0.3 is 0 Å². The number of nitrogens with zero attached hydrogens (tertiary/aromatic N) is 3. The Labute approximate surface area is 100 Å². The SMILES string of the molecule is CN(C)CCN(C)c1ccnc2ccsc12. The molecule has 0 atom stereocenters. The van der Waals surface area contributed by atoms with Crippen molar-refractivity contribution in [2.75, 3.05) is 39.1 Å². The van der Waals surface area contributed by atoms with E-state index in [-0.39, 0.29) is 0 Å². The molecule has 0 N–H and O–H groups in total. The van der Waals surface area contributed by atoms with Crippen molar-refractivity contribution in [3.63, 3.8) is 0 Å². The van der Waals surface area contributed by atoms with Gasteiger partial charge in [0.1, 0.15) is 0 Å². The van der Waals surface area contributed by atoms with Crippen molar-refractivity contribution in [3.8, 4) is 0 Å². The maximum atomic E-state index is 4.35. The molecule has 86 valence electrons. The lowest BCUT2D eigenvalue weighted by Crippen LogP contribution is -2.28. The van der Waals surface area contributed by atoms with Crippen molar-refractivity contribution in [2.45, 2.75) is 0 Å².